The van der Waals surface area contributed by atoms with Gasteiger partial charge >= 0.3 is 0 Å². The molecule has 0 saturated carbocycles. The summed E-state index contributed by atoms with van der Waals surface area (Å²) in [6, 6.07) is 0. The molecule has 1 N–H and O–H groups in total. The van der Waals surface area contributed by atoms with Crippen molar-refractivity contribution in [3.8, 4) is 0 Å². The standard InChI is InChI=1S/C15H30N4.HI/c1-5-16-14(19-9-7-15(2,3)12-19)17-10-13-6-8-18(4)11-13;/h13H,5-12H2,1-4H3,(H,16,17);1H. The Kier molecular flexibility index (Phi) is 7.04. The van der Waals surface area contributed by atoms with Crippen LogP contribution in [0.5, 0.6) is 0 Å². The van der Waals surface area contributed by atoms with E-state index in [4.69, 9.17) is 4.99 Å². The highest BCUT2D eigenvalue weighted by Crippen LogP contribution is 2.28. The molecule has 2 aliphatic heterocycles. The molecule has 0 aromatic carbocycles. The van der Waals surface area contributed by atoms with Gasteiger partial charge < -0.3 is 15.1 Å². The molecular weight excluding hydrogens is 363 g/mol. The highest BCUT2D eigenvalue weighted by Gasteiger charge is 2.31. The Hall–Kier alpha value is -0.0400. The SMILES string of the molecule is CCNC(=NCC1CCN(C)C1)N1CCC(C)(C)C1.I. The summed E-state index contributed by atoms with van der Waals surface area (Å²) in [4.78, 5) is 9.72. The van der Waals surface area contributed by atoms with Crippen LogP contribution in [-0.2, 0) is 0 Å². The van der Waals surface area contributed by atoms with Crippen LogP contribution in [0.4, 0.5) is 0 Å². The molecule has 118 valence electrons. The molecule has 1 unspecified atom stereocenters. The van der Waals surface area contributed by atoms with Crippen LogP contribution in [-0.4, -0.2) is 62.1 Å². The Morgan fingerprint density at radius 1 is 1.35 bits per heavy atom. The summed E-state index contributed by atoms with van der Waals surface area (Å²) in [5.41, 5.74) is 0.434. The third-order valence-electron chi connectivity index (χ3n) is 4.30. The van der Waals surface area contributed by atoms with Crippen LogP contribution < -0.4 is 5.32 Å². The van der Waals surface area contributed by atoms with Crippen LogP contribution >= 0.6 is 24.0 Å². The lowest BCUT2D eigenvalue weighted by Crippen LogP contribution is -2.41. The Bertz CT molecular complexity index is 330. The highest BCUT2D eigenvalue weighted by atomic mass is 127. The van der Waals surface area contributed by atoms with Gasteiger partial charge in [0, 0.05) is 32.7 Å². The van der Waals surface area contributed by atoms with Crippen LogP contribution in [0.1, 0.15) is 33.6 Å². The van der Waals surface area contributed by atoms with E-state index in [1.807, 2.05) is 0 Å². The van der Waals surface area contributed by atoms with Crippen LogP contribution in [0.15, 0.2) is 4.99 Å². The Labute approximate surface area is 141 Å². The van der Waals surface area contributed by atoms with Crippen molar-refractivity contribution in [3.63, 3.8) is 0 Å². The normalized spacial score (nSPS) is 26.7. The lowest BCUT2D eigenvalue weighted by Gasteiger charge is -2.24. The average molecular weight is 394 g/mol. The van der Waals surface area contributed by atoms with Gasteiger partial charge in [-0.05, 0) is 44.7 Å². The summed E-state index contributed by atoms with van der Waals surface area (Å²) >= 11 is 0. The van der Waals surface area contributed by atoms with Crippen molar-refractivity contribution in [2.75, 3.05) is 46.3 Å². The first-order chi connectivity index (χ1) is 9.00. The number of likely N-dealkylation sites (tertiary alicyclic amines) is 2. The number of hydrogen-bond donors (Lipinski definition) is 1. The second-order valence-electron chi connectivity index (χ2n) is 6.95. The van der Waals surface area contributed by atoms with Gasteiger partial charge in [0.25, 0.3) is 0 Å². The molecule has 4 nitrogen and oxygen atoms in total. The number of nitrogens with one attached hydrogen (secondary N) is 1. The molecule has 5 heteroatoms. The van der Waals surface area contributed by atoms with Gasteiger partial charge in [0.05, 0.1) is 0 Å². The molecule has 2 saturated heterocycles. The van der Waals surface area contributed by atoms with Crippen molar-refractivity contribution in [1.29, 1.82) is 0 Å². The molecule has 1 atom stereocenters. The zero-order valence-electron chi connectivity index (χ0n) is 13.5. The third-order valence-corrected chi connectivity index (χ3v) is 4.30. The molecule has 2 fully saturated rings. The fraction of sp³-hybridized carbons (Fsp3) is 0.933. The van der Waals surface area contributed by atoms with Crippen molar-refractivity contribution in [3.05, 3.63) is 0 Å². The smallest absolute Gasteiger partial charge is 0.193 e. The van der Waals surface area contributed by atoms with Crippen molar-refractivity contribution in [2.24, 2.45) is 16.3 Å². The second kappa shape index (κ2) is 7.82. The van der Waals surface area contributed by atoms with Gasteiger partial charge in [0.2, 0.25) is 0 Å². The molecule has 20 heavy (non-hydrogen) atoms. The van der Waals surface area contributed by atoms with E-state index in [2.05, 4.69) is 42.9 Å². The second-order valence-corrected chi connectivity index (χ2v) is 6.95. The zero-order valence-corrected chi connectivity index (χ0v) is 15.8. The molecule has 0 aliphatic carbocycles. The minimum atomic E-state index is 0. The van der Waals surface area contributed by atoms with E-state index >= 15 is 0 Å². The van der Waals surface area contributed by atoms with Crippen molar-refractivity contribution in [1.82, 2.24) is 15.1 Å². The summed E-state index contributed by atoms with van der Waals surface area (Å²) < 4.78 is 0. The van der Waals surface area contributed by atoms with Gasteiger partial charge in [-0.25, -0.2) is 0 Å². The predicted octanol–water partition coefficient (Wildman–Crippen LogP) is 2.25. The summed E-state index contributed by atoms with van der Waals surface area (Å²) in [6.07, 6.45) is 2.56. The van der Waals surface area contributed by atoms with Gasteiger partial charge in [-0.15, -0.1) is 24.0 Å². The molecule has 2 rings (SSSR count). The summed E-state index contributed by atoms with van der Waals surface area (Å²) in [5, 5.41) is 3.46. The molecule has 0 aromatic heterocycles. The largest absolute Gasteiger partial charge is 0.357 e. The monoisotopic (exact) mass is 394 g/mol. The fourth-order valence-corrected chi connectivity index (χ4v) is 3.11. The van der Waals surface area contributed by atoms with E-state index < -0.39 is 0 Å². The lowest BCUT2D eigenvalue weighted by atomic mass is 9.93. The van der Waals surface area contributed by atoms with E-state index in [9.17, 15) is 0 Å². The van der Waals surface area contributed by atoms with Crippen molar-refractivity contribution in [2.45, 2.75) is 33.6 Å². The highest BCUT2D eigenvalue weighted by molar-refractivity contribution is 14.0. The molecule has 0 bridgehead atoms. The molecule has 0 spiro atoms. The third kappa shape index (κ3) is 5.06. The van der Waals surface area contributed by atoms with Gasteiger partial charge in [-0.1, -0.05) is 13.8 Å². The molecule has 0 amide bonds. The van der Waals surface area contributed by atoms with Crippen LogP contribution in [0, 0.1) is 11.3 Å². The maximum absolute atomic E-state index is 4.88. The van der Waals surface area contributed by atoms with Crippen molar-refractivity contribution < 1.29 is 0 Å². The van der Waals surface area contributed by atoms with E-state index in [0.717, 1.165) is 38.1 Å². The number of nitrogens with zero attached hydrogens (tertiary/aromatic N) is 3. The summed E-state index contributed by atoms with van der Waals surface area (Å²) in [7, 11) is 2.21. The minimum Gasteiger partial charge on any atom is -0.357 e. The number of hydrogen-bond acceptors (Lipinski definition) is 2. The van der Waals surface area contributed by atoms with Gasteiger partial charge in [-0.3, -0.25) is 4.99 Å². The predicted molar refractivity (Wildman–Crippen MR) is 97.0 cm³/mol. The van der Waals surface area contributed by atoms with Crippen molar-refractivity contribution >= 4 is 29.9 Å². The van der Waals surface area contributed by atoms with E-state index in [1.54, 1.807) is 0 Å². The van der Waals surface area contributed by atoms with Gasteiger partial charge in [0.15, 0.2) is 5.96 Å². The maximum atomic E-state index is 4.88. The molecule has 0 aromatic rings. The van der Waals surface area contributed by atoms with Crippen LogP contribution in [0.25, 0.3) is 0 Å². The Morgan fingerprint density at radius 2 is 2.10 bits per heavy atom. The van der Waals surface area contributed by atoms with Crippen LogP contribution in [0.2, 0.25) is 0 Å². The average Bonchev–Trinajstić information content (AvgIpc) is 2.91. The Morgan fingerprint density at radius 3 is 2.60 bits per heavy atom. The number of guanidine groups is 1. The molecular formula is C15H31IN4. The lowest BCUT2D eigenvalue weighted by molar-refractivity contribution is 0.368. The zero-order chi connectivity index (χ0) is 13.9. The van der Waals surface area contributed by atoms with Crippen LogP contribution in [0.3, 0.4) is 0 Å². The maximum Gasteiger partial charge on any atom is 0.193 e. The van der Waals surface area contributed by atoms with E-state index in [1.165, 1.54) is 25.9 Å². The Balaban J connectivity index is 0.00000200. The first-order valence-corrected chi connectivity index (χ1v) is 7.72. The number of halogens is 1. The quantitative estimate of drug-likeness (QED) is 0.453. The summed E-state index contributed by atoms with van der Waals surface area (Å²) in [5.74, 6) is 1.87. The van der Waals surface area contributed by atoms with Gasteiger partial charge in [-0.2, -0.15) is 0 Å². The number of rotatable bonds is 3. The van der Waals surface area contributed by atoms with E-state index in [0.29, 0.717) is 5.41 Å². The van der Waals surface area contributed by atoms with E-state index in [-0.39, 0.29) is 24.0 Å². The number of aliphatic imine (C=N–C) groups is 1. The molecule has 2 heterocycles. The minimum absolute atomic E-state index is 0. The molecule has 2 aliphatic rings. The summed E-state index contributed by atoms with van der Waals surface area (Å²) in [6.45, 7) is 13.5. The first-order valence-electron chi connectivity index (χ1n) is 7.72. The topological polar surface area (TPSA) is 30.9 Å². The van der Waals surface area contributed by atoms with Gasteiger partial charge in [0.1, 0.15) is 0 Å². The molecule has 0 radical (unpaired) electrons. The fourth-order valence-electron chi connectivity index (χ4n) is 3.11. The first kappa shape index (κ1) is 18.0.